The van der Waals surface area contributed by atoms with E-state index >= 15 is 0 Å². The minimum atomic E-state index is -0.730. The predicted molar refractivity (Wildman–Crippen MR) is 104 cm³/mol. The van der Waals surface area contributed by atoms with Gasteiger partial charge in [0.05, 0.1) is 5.56 Å². The number of anilines is 1. The number of esters is 1. The van der Waals surface area contributed by atoms with Crippen molar-refractivity contribution >= 4 is 29.5 Å². The van der Waals surface area contributed by atoms with Crippen LogP contribution in [0.1, 0.15) is 49.4 Å². The number of hydrogen-bond donors (Lipinski definition) is 3. The van der Waals surface area contributed by atoms with Crippen molar-refractivity contribution in [1.82, 2.24) is 10.6 Å². The second-order valence-electron chi connectivity index (χ2n) is 6.50. The van der Waals surface area contributed by atoms with Gasteiger partial charge in [0.1, 0.15) is 0 Å². The predicted octanol–water partition coefficient (Wildman–Crippen LogP) is 2.52. The van der Waals surface area contributed by atoms with Gasteiger partial charge in [-0.15, -0.1) is 0 Å². The number of carbonyl (C=O) groups excluding carboxylic acids is 4. The van der Waals surface area contributed by atoms with Crippen LogP contribution < -0.4 is 16.0 Å². The first-order valence-corrected chi connectivity index (χ1v) is 9.24. The van der Waals surface area contributed by atoms with E-state index < -0.39 is 24.5 Å². The molecule has 0 bridgehead atoms. The number of rotatable bonds is 7. The molecule has 4 amide bonds. The normalized spacial score (nSPS) is 13.1. The molecule has 0 heterocycles. The van der Waals surface area contributed by atoms with Gasteiger partial charge in [0, 0.05) is 19.2 Å². The molecule has 2 rings (SSSR count). The van der Waals surface area contributed by atoms with Crippen molar-refractivity contribution in [2.45, 2.75) is 39.0 Å². The fourth-order valence-electron chi connectivity index (χ4n) is 2.82. The Morgan fingerprint density at radius 2 is 1.96 bits per heavy atom. The molecule has 28 heavy (non-hydrogen) atoms. The molecule has 0 unspecified atom stereocenters. The van der Waals surface area contributed by atoms with E-state index in [2.05, 4.69) is 22.0 Å². The molecule has 0 fully saturated rings. The molecular formula is C20H25N3O5. The highest BCUT2D eigenvalue weighted by molar-refractivity contribution is 5.97. The maximum Gasteiger partial charge on any atom is 0.338 e. The molecule has 0 saturated heterocycles. The highest BCUT2D eigenvalue weighted by Gasteiger charge is 2.13. The molecule has 1 aliphatic carbocycles. The van der Waals surface area contributed by atoms with Crippen LogP contribution in [0.4, 0.5) is 10.5 Å². The second-order valence-corrected chi connectivity index (χ2v) is 6.50. The monoisotopic (exact) mass is 387 g/mol. The number of ether oxygens (including phenoxy) is 1. The first-order chi connectivity index (χ1) is 13.4. The van der Waals surface area contributed by atoms with Crippen molar-refractivity contribution in [1.29, 1.82) is 0 Å². The zero-order valence-corrected chi connectivity index (χ0v) is 15.9. The van der Waals surface area contributed by atoms with Gasteiger partial charge >= 0.3 is 12.0 Å². The van der Waals surface area contributed by atoms with E-state index in [0.29, 0.717) is 12.2 Å². The van der Waals surface area contributed by atoms with Crippen LogP contribution in [-0.4, -0.2) is 37.0 Å². The molecule has 1 aliphatic rings. The highest BCUT2D eigenvalue weighted by atomic mass is 16.5. The van der Waals surface area contributed by atoms with Crippen LogP contribution in [0.3, 0.4) is 0 Å². The van der Waals surface area contributed by atoms with Crippen molar-refractivity contribution in [3.63, 3.8) is 0 Å². The first-order valence-electron chi connectivity index (χ1n) is 9.24. The summed E-state index contributed by atoms with van der Waals surface area (Å²) in [6.45, 7) is 1.22. The fourth-order valence-corrected chi connectivity index (χ4v) is 2.82. The van der Waals surface area contributed by atoms with Gasteiger partial charge in [-0.2, -0.15) is 0 Å². The SMILES string of the molecule is CC(=O)Nc1cccc(C(=O)OCC(=O)NC(=O)NCCC2=CCCCC2)c1. The molecule has 150 valence electrons. The third-order valence-electron chi connectivity index (χ3n) is 4.12. The largest absolute Gasteiger partial charge is 0.452 e. The molecule has 1 aromatic carbocycles. The van der Waals surface area contributed by atoms with Crippen LogP contribution in [0.2, 0.25) is 0 Å². The Hall–Kier alpha value is -3.16. The summed E-state index contributed by atoms with van der Waals surface area (Å²) in [7, 11) is 0. The molecule has 0 spiro atoms. The van der Waals surface area contributed by atoms with E-state index in [9.17, 15) is 19.2 Å². The van der Waals surface area contributed by atoms with Gasteiger partial charge in [-0.1, -0.05) is 17.7 Å². The van der Waals surface area contributed by atoms with Crippen LogP contribution in [0.25, 0.3) is 0 Å². The van der Waals surface area contributed by atoms with Gasteiger partial charge in [-0.25, -0.2) is 9.59 Å². The summed E-state index contributed by atoms with van der Waals surface area (Å²) in [6, 6.07) is 5.52. The van der Waals surface area contributed by atoms with Gasteiger partial charge in [0.25, 0.3) is 5.91 Å². The van der Waals surface area contributed by atoms with Crippen molar-refractivity contribution in [2.75, 3.05) is 18.5 Å². The number of carbonyl (C=O) groups is 4. The average Bonchev–Trinajstić information content (AvgIpc) is 2.66. The molecule has 8 heteroatoms. The van der Waals surface area contributed by atoms with Gasteiger partial charge in [0.15, 0.2) is 6.61 Å². The quantitative estimate of drug-likeness (QED) is 0.491. The fraction of sp³-hybridized carbons (Fsp3) is 0.400. The summed E-state index contributed by atoms with van der Waals surface area (Å²) >= 11 is 0. The highest BCUT2D eigenvalue weighted by Crippen LogP contribution is 2.19. The molecule has 0 atom stereocenters. The number of imide groups is 1. The Balaban J connectivity index is 1.69. The number of nitrogens with one attached hydrogen (secondary N) is 3. The topological polar surface area (TPSA) is 114 Å². The Kier molecular flexibility index (Phi) is 8.20. The standard InChI is InChI=1S/C20H25N3O5/c1-14(24)22-17-9-5-8-16(12-17)19(26)28-13-18(25)23-20(27)21-11-10-15-6-3-2-4-7-15/h5-6,8-9,12H,2-4,7,10-11,13H2,1H3,(H,22,24)(H2,21,23,25,27). The molecule has 0 aromatic heterocycles. The van der Waals surface area contributed by atoms with Crippen molar-refractivity contribution in [3.8, 4) is 0 Å². The Morgan fingerprint density at radius 3 is 2.68 bits per heavy atom. The minimum Gasteiger partial charge on any atom is -0.452 e. The van der Waals surface area contributed by atoms with Gasteiger partial charge < -0.3 is 15.4 Å². The zero-order valence-electron chi connectivity index (χ0n) is 15.9. The molecule has 0 saturated carbocycles. The molecular weight excluding hydrogens is 362 g/mol. The van der Waals surface area contributed by atoms with Crippen LogP contribution in [0.5, 0.6) is 0 Å². The summed E-state index contributed by atoms with van der Waals surface area (Å²) in [5, 5.41) is 7.28. The third-order valence-corrected chi connectivity index (χ3v) is 4.12. The minimum absolute atomic E-state index is 0.184. The van der Waals surface area contributed by atoms with Crippen molar-refractivity contribution in [3.05, 3.63) is 41.5 Å². The second kappa shape index (κ2) is 10.9. The average molecular weight is 387 g/mol. The maximum absolute atomic E-state index is 12.0. The lowest BCUT2D eigenvalue weighted by atomic mass is 9.97. The van der Waals surface area contributed by atoms with Gasteiger partial charge in [-0.05, 0) is 50.3 Å². The summed E-state index contributed by atoms with van der Waals surface area (Å²) in [5.41, 5.74) is 1.96. The Bertz CT molecular complexity index is 773. The summed E-state index contributed by atoms with van der Waals surface area (Å²) in [4.78, 5) is 46.5. The van der Waals surface area contributed by atoms with E-state index in [0.717, 1.165) is 19.3 Å². The van der Waals surface area contributed by atoms with E-state index in [4.69, 9.17) is 4.74 Å². The lowest BCUT2D eigenvalue weighted by molar-refractivity contribution is -0.123. The van der Waals surface area contributed by atoms with E-state index in [-0.39, 0.29) is 11.5 Å². The smallest absolute Gasteiger partial charge is 0.338 e. The number of benzene rings is 1. The third kappa shape index (κ3) is 7.61. The molecule has 0 radical (unpaired) electrons. The summed E-state index contributed by atoms with van der Waals surface area (Å²) < 4.78 is 4.90. The first kappa shape index (κ1) is 21.1. The van der Waals surface area contributed by atoms with Crippen LogP contribution in [0, 0.1) is 0 Å². The van der Waals surface area contributed by atoms with Gasteiger partial charge in [-0.3, -0.25) is 14.9 Å². The molecule has 3 N–H and O–H groups in total. The zero-order chi connectivity index (χ0) is 20.4. The van der Waals surface area contributed by atoms with Crippen LogP contribution >= 0.6 is 0 Å². The lowest BCUT2D eigenvalue weighted by Gasteiger charge is -2.13. The Labute approximate surface area is 163 Å². The number of urea groups is 1. The summed E-state index contributed by atoms with van der Waals surface area (Å²) in [5.74, 6) is -1.72. The van der Waals surface area contributed by atoms with Crippen LogP contribution in [0.15, 0.2) is 35.9 Å². The molecule has 1 aromatic rings. The number of allylic oxidation sites excluding steroid dienone is 1. The van der Waals surface area contributed by atoms with Crippen molar-refractivity contribution < 1.29 is 23.9 Å². The summed E-state index contributed by atoms with van der Waals surface area (Å²) in [6.07, 6.45) is 7.49. The van der Waals surface area contributed by atoms with E-state index in [1.165, 1.54) is 37.5 Å². The number of hydrogen-bond acceptors (Lipinski definition) is 5. The molecule has 0 aliphatic heterocycles. The number of amides is 4. The molecule has 8 nitrogen and oxygen atoms in total. The lowest BCUT2D eigenvalue weighted by Crippen LogP contribution is -2.41. The van der Waals surface area contributed by atoms with Gasteiger partial charge in [0.2, 0.25) is 5.91 Å². The maximum atomic E-state index is 12.0. The van der Waals surface area contributed by atoms with Crippen molar-refractivity contribution in [2.24, 2.45) is 0 Å². The van der Waals surface area contributed by atoms with E-state index in [1.807, 2.05) is 0 Å². The Morgan fingerprint density at radius 1 is 1.14 bits per heavy atom. The van der Waals surface area contributed by atoms with E-state index in [1.54, 1.807) is 12.1 Å². The van der Waals surface area contributed by atoms with Crippen LogP contribution in [-0.2, 0) is 14.3 Å².